The van der Waals surface area contributed by atoms with E-state index in [9.17, 15) is 4.79 Å². The summed E-state index contributed by atoms with van der Waals surface area (Å²) in [7, 11) is 1.77. The summed E-state index contributed by atoms with van der Waals surface area (Å²) in [5, 5.41) is 9.52. The number of aliphatic imine (C=N–C) groups is 1. The first-order chi connectivity index (χ1) is 13.7. The maximum atomic E-state index is 11.6. The first kappa shape index (κ1) is 22.2. The van der Waals surface area contributed by atoms with Crippen LogP contribution in [0.3, 0.4) is 0 Å². The molecule has 0 radical (unpaired) electrons. The fourth-order valence-corrected chi connectivity index (χ4v) is 3.37. The molecule has 1 aromatic rings. The van der Waals surface area contributed by atoms with Gasteiger partial charge >= 0.3 is 0 Å². The molecule has 0 aromatic heterocycles. The number of carbonyl (C=O) groups excluding carboxylic acids is 1. The van der Waals surface area contributed by atoms with Crippen LogP contribution in [0.5, 0.6) is 0 Å². The van der Waals surface area contributed by atoms with Crippen LogP contribution < -0.4 is 16.0 Å². The van der Waals surface area contributed by atoms with Crippen LogP contribution in [0.4, 0.5) is 5.69 Å². The second-order valence-corrected chi connectivity index (χ2v) is 7.33. The van der Waals surface area contributed by atoms with Crippen LogP contribution in [0.15, 0.2) is 29.3 Å². The van der Waals surface area contributed by atoms with Crippen LogP contribution in [-0.2, 0) is 16.1 Å². The normalized spacial score (nSPS) is 15.7. The Morgan fingerprint density at radius 2 is 1.82 bits per heavy atom. The van der Waals surface area contributed by atoms with Gasteiger partial charge in [0.15, 0.2) is 5.96 Å². The molecular formula is C22H36N4O2. The predicted molar refractivity (Wildman–Crippen MR) is 116 cm³/mol. The van der Waals surface area contributed by atoms with Crippen LogP contribution >= 0.6 is 0 Å². The molecule has 1 fully saturated rings. The first-order valence-corrected chi connectivity index (χ1v) is 10.7. The van der Waals surface area contributed by atoms with Crippen LogP contribution in [-0.4, -0.2) is 38.2 Å². The van der Waals surface area contributed by atoms with Crippen molar-refractivity contribution in [3.05, 3.63) is 29.8 Å². The number of anilines is 1. The van der Waals surface area contributed by atoms with E-state index >= 15 is 0 Å². The molecule has 2 rings (SSSR count). The Bertz CT molecular complexity index is 593. The van der Waals surface area contributed by atoms with E-state index in [1.807, 2.05) is 31.2 Å². The van der Waals surface area contributed by atoms with Gasteiger partial charge in [0.25, 0.3) is 0 Å². The van der Waals surface area contributed by atoms with Crippen molar-refractivity contribution in [1.82, 2.24) is 10.6 Å². The summed E-state index contributed by atoms with van der Waals surface area (Å²) in [5.74, 6) is 0.828. The lowest BCUT2D eigenvalue weighted by molar-refractivity contribution is -0.116. The van der Waals surface area contributed by atoms with Gasteiger partial charge in [-0.25, -0.2) is 0 Å². The van der Waals surface area contributed by atoms with Crippen LogP contribution in [0, 0.1) is 0 Å². The smallest absolute Gasteiger partial charge is 0.224 e. The second kappa shape index (κ2) is 13.2. The monoisotopic (exact) mass is 388 g/mol. The summed E-state index contributed by atoms with van der Waals surface area (Å²) in [6.45, 7) is 4.13. The van der Waals surface area contributed by atoms with Crippen molar-refractivity contribution in [2.24, 2.45) is 4.99 Å². The third kappa shape index (κ3) is 8.74. The highest BCUT2D eigenvalue weighted by molar-refractivity contribution is 5.90. The number of nitrogens with zero attached hydrogens (tertiary/aromatic N) is 1. The molecule has 1 aliphatic carbocycles. The molecule has 6 nitrogen and oxygen atoms in total. The lowest BCUT2D eigenvalue weighted by Crippen LogP contribution is -2.38. The van der Waals surface area contributed by atoms with E-state index in [4.69, 9.17) is 4.74 Å². The molecule has 0 bridgehead atoms. The zero-order chi connectivity index (χ0) is 20.0. The molecule has 0 unspecified atom stereocenters. The third-order valence-corrected chi connectivity index (χ3v) is 4.95. The molecule has 1 amide bonds. The molecule has 0 heterocycles. The highest BCUT2D eigenvalue weighted by Crippen LogP contribution is 2.19. The minimum Gasteiger partial charge on any atom is -0.376 e. The van der Waals surface area contributed by atoms with E-state index in [1.165, 1.54) is 38.5 Å². The number of hydrogen-bond acceptors (Lipinski definition) is 3. The molecule has 156 valence electrons. The molecule has 28 heavy (non-hydrogen) atoms. The van der Waals surface area contributed by atoms with Crippen LogP contribution in [0.1, 0.15) is 63.9 Å². The van der Waals surface area contributed by atoms with Gasteiger partial charge in [-0.05, 0) is 37.0 Å². The number of hydrogen-bond donors (Lipinski definition) is 3. The summed E-state index contributed by atoms with van der Waals surface area (Å²) in [6, 6.07) is 7.89. The van der Waals surface area contributed by atoms with Crippen molar-refractivity contribution in [3.8, 4) is 0 Å². The average molecular weight is 389 g/mol. The minimum absolute atomic E-state index is 0.0593. The van der Waals surface area contributed by atoms with Gasteiger partial charge < -0.3 is 20.7 Å². The van der Waals surface area contributed by atoms with Crippen molar-refractivity contribution in [3.63, 3.8) is 0 Å². The van der Waals surface area contributed by atoms with Gasteiger partial charge in [-0.2, -0.15) is 0 Å². The van der Waals surface area contributed by atoms with Gasteiger partial charge in [-0.1, -0.05) is 44.7 Å². The van der Waals surface area contributed by atoms with Gasteiger partial charge in [0, 0.05) is 32.2 Å². The Labute approximate surface area is 169 Å². The fraction of sp³-hybridized carbons (Fsp3) is 0.636. The SMILES string of the molecule is CCCC(=O)Nc1ccc(CNC(=NC)NCCOC2CCCCCC2)cc1. The van der Waals surface area contributed by atoms with Crippen molar-refractivity contribution in [2.45, 2.75) is 70.9 Å². The van der Waals surface area contributed by atoms with Gasteiger partial charge in [0.1, 0.15) is 0 Å². The largest absolute Gasteiger partial charge is 0.376 e. The Kier molecular flexibility index (Phi) is 10.4. The maximum absolute atomic E-state index is 11.6. The molecule has 3 N–H and O–H groups in total. The van der Waals surface area contributed by atoms with E-state index < -0.39 is 0 Å². The van der Waals surface area contributed by atoms with Crippen molar-refractivity contribution in [2.75, 3.05) is 25.5 Å². The highest BCUT2D eigenvalue weighted by atomic mass is 16.5. The average Bonchev–Trinajstić information content (AvgIpc) is 2.97. The van der Waals surface area contributed by atoms with Gasteiger partial charge in [-0.15, -0.1) is 0 Å². The fourth-order valence-electron chi connectivity index (χ4n) is 3.37. The maximum Gasteiger partial charge on any atom is 0.224 e. The molecule has 0 aliphatic heterocycles. The quantitative estimate of drug-likeness (QED) is 0.260. The van der Waals surface area contributed by atoms with Crippen molar-refractivity contribution >= 4 is 17.6 Å². The van der Waals surface area contributed by atoms with Crippen molar-refractivity contribution in [1.29, 1.82) is 0 Å². The highest BCUT2D eigenvalue weighted by Gasteiger charge is 2.12. The summed E-state index contributed by atoms with van der Waals surface area (Å²) in [6.07, 6.45) is 9.51. The van der Waals surface area contributed by atoms with Crippen LogP contribution in [0.25, 0.3) is 0 Å². The number of benzene rings is 1. The zero-order valence-electron chi connectivity index (χ0n) is 17.4. The number of rotatable bonds is 9. The zero-order valence-corrected chi connectivity index (χ0v) is 17.4. The Balaban J connectivity index is 1.65. The molecule has 6 heteroatoms. The molecule has 1 aliphatic rings. The lowest BCUT2D eigenvalue weighted by atomic mass is 10.1. The Morgan fingerprint density at radius 3 is 2.46 bits per heavy atom. The molecule has 0 atom stereocenters. The van der Waals surface area contributed by atoms with E-state index in [0.29, 0.717) is 25.7 Å². The van der Waals surface area contributed by atoms with Crippen LogP contribution in [0.2, 0.25) is 0 Å². The third-order valence-electron chi connectivity index (χ3n) is 4.95. The number of ether oxygens (including phenoxy) is 1. The number of carbonyl (C=O) groups is 1. The summed E-state index contributed by atoms with van der Waals surface area (Å²) in [5.41, 5.74) is 1.96. The molecule has 0 saturated heterocycles. The standard InChI is InChI=1S/C22H36N4O2/c1-3-8-21(27)26-19-13-11-18(12-14-19)17-25-22(23-2)24-15-16-28-20-9-6-4-5-7-10-20/h11-14,20H,3-10,15-17H2,1-2H3,(H,26,27)(H2,23,24,25). The number of guanidine groups is 1. The van der Waals surface area contributed by atoms with Gasteiger partial charge in [0.05, 0.1) is 12.7 Å². The topological polar surface area (TPSA) is 74.8 Å². The molecule has 1 aromatic carbocycles. The Morgan fingerprint density at radius 1 is 1.11 bits per heavy atom. The number of amides is 1. The van der Waals surface area contributed by atoms with Gasteiger partial charge in [0.2, 0.25) is 5.91 Å². The van der Waals surface area contributed by atoms with Gasteiger partial charge in [-0.3, -0.25) is 9.79 Å². The molecule has 0 spiro atoms. The van der Waals surface area contributed by atoms with E-state index in [0.717, 1.165) is 30.2 Å². The predicted octanol–water partition coefficient (Wildman–Crippen LogP) is 3.83. The Hall–Kier alpha value is -2.08. The molecular weight excluding hydrogens is 352 g/mol. The van der Waals surface area contributed by atoms with E-state index in [1.54, 1.807) is 7.05 Å². The lowest BCUT2D eigenvalue weighted by Gasteiger charge is -2.17. The number of nitrogens with one attached hydrogen (secondary N) is 3. The summed E-state index contributed by atoms with van der Waals surface area (Å²) >= 11 is 0. The van der Waals surface area contributed by atoms with E-state index in [2.05, 4.69) is 20.9 Å². The second-order valence-electron chi connectivity index (χ2n) is 7.33. The first-order valence-electron chi connectivity index (χ1n) is 10.7. The van der Waals surface area contributed by atoms with Crippen molar-refractivity contribution < 1.29 is 9.53 Å². The molecule has 1 saturated carbocycles. The van der Waals surface area contributed by atoms with E-state index in [-0.39, 0.29) is 5.91 Å². The summed E-state index contributed by atoms with van der Waals surface area (Å²) in [4.78, 5) is 15.9. The minimum atomic E-state index is 0.0593. The summed E-state index contributed by atoms with van der Waals surface area (Å²) < 4.78 is 6.00.